The van der Waals surface area contributed by atoms with Gasteiger partial charge in [-0.05, 0) is 18.6 Å². The number of nitrogen functional groups attached to an aromatic ring is 1. The molecule has 2 heterocycles. The molecule has 2 aromatic rings. The van der Waals surface area contributed by atoms with E-state index in [2.05, 4.69) is 10.1 Å². The number of hydrogen-bond acceptors (Lipinski definition) is 6. The van der Waals surface area contributed by atoms with Crippen LogP contribution < -0.4 is 5.73 Å². The number of anilines is 1. The standard InChI is InChI=1S/C9H11N3O2S/c1-5-4-6(10)15-8(5)9-11-7(2-3-13)12-14-9/h4,13H,2-3,10H2,1H3. The Balaban J connectivity index is 2.32. The van der Waals surface area contributed by atoms with Crippen LogP contribution in [0, 0.1) is 6.92 Å². The summed E-state index contributed by atoms with van der Waals surface area (Å²) in [6.07, 6.45) is 0.406. The Morgan fingerprint density at radius 2 is 2.40 bits per heavy atom. The Bertz CT molecular complexity index is 464. The number of nitrogens with two attached hydrogens (primary N) is 1. The van der Waals surface area contributed by atoms with E-state index in [0.29, 0.717) is 18.1 Å². The third-order valence-electron chi connectivity index (χ3n) is 1.93. The van der Waals surface area contributed by atoms with Crippen LogP contribution in [0.1, 0.15) is 11.4 Å². The second-order valence-electron chi connectivity index (χ2n) is 3.15. The average molecular weight is 225 g/mol. The molecule has 0 aliphatic rings. The van der Waals surface area contributed by atoms with E-state index in [1.807, 2.05) is 13.0 Å². The molecule has 0 fully saturated rings. The van der Waals surface area contributed by atoms with Crippen molar-refractivity contribution in [1.29, 1.82) is 0 Å². The van der Waals surface area contributed by atoms with Gasteiger partial charge in [0.15, 0.2) is 5.82 Å². The molecule has 0 aliphatic carbocycles. The van der Waals surface area contributed by atoms with Crippen LogP contribution in [-0.2, 0) is 6.42 Å². The van der Waals surface area contributed by atoms with Gasteiger partial charge in [0, 0.05) is 6.42 Å². The van der Waals surface area contributed by atoms with Crippen molar-refractivity contribution in [1.82, 2.24) is 10.1 Å². The van der Waals surface area contributed by atoms with Crippen LogP contribution in [0.4, 0.5) is 5.00 Å². The molecule has 0 atom stereocenters. The topological polar surface area (TPSA) is 85.2 Å². The minimum absolute atomic E-state index is 0.0184. The van der Waals surface area contributed by atoms with Gasteiger partial charge in [0.1, 0.15) is 0 Å². The molecule has 2 rings (SSSR count). The normalized spacial score (nSPS) is 10.8. The van der Waals surface area contributed by atoms with Crippen LogP contribution in [-0.4, -0.2) is 21.9 Å². The molecule has 0 saturated carbocycles. The highest BCUT2D eigenvalue weighted by molar-refractivity contribution is 7.19. The summed E-state index contributed by atoms with van der Waals surface area (Å²) < 4.78 is 5.08. The largest absolute Gasteiger partial charge is 0.396 e. The lowest BCUT2D eigenvalue weighted by molar-refractivity contribution is 0.293. The van der Waals surface area contributed by atoms with Crippen molar-refractivity contribution in [3.63, 3.8) is 0 Å². The van der Waals surface area contributed by atoms with E-state index in [9.17, 15) is 0 Å². The van der Waals surface area contributed by atoms with E-state index in [-0.39, 0.29) is 6.61 Å². The van der Waals surface area contributed by atoms with Crippen molar-refractivity contribution in [2.45, 2.75) is 13.3 Å². The van der Waals surface area contributed by atoms with Gasteiger partial charge < -0.3 is 15.4 Å². The maximum atomic E-state index is 8.72. The highest BCUT2D eigenvalue weighted by Gasteiger charge is 2.13. The predicted molar refractivity (Wildman–Crippen MR) is 57.6 cm³/mol. The number of hydrogen-bond donors (Lipinski definition) is 2. The first-order chi connectivity index (χ1) is 7.20. The molecular weight excluding hydrogens is 214 g/mol. The first-order valence-electron chi connectivity index (χ1n) is 4.50. The Labute approximate surface area is 90.5 Å². The SMILES string of the molecule is Cc1cc(N)sc1-c1nc(CCO)no1. The van der Waals surface area contributed by atoms with Crippen LogP contribution in [0.15, 0.2) is 10.6 Å². The molecule has 0 unspecified atom stereocenters. The summed E-state index contributed by atoms with van der Waals surface area (Å²) in [6.45, 7) is 1.96. The highest BCUT2D eigenvalue weighted by atomic mass is 32.1. The molecule has 0 saturated heterocycles. The molecule has 0 amide bonds. The zero-order valence-corrected chi connectivity index (χ0v) is 9.04. The molecule has 0 bridgehead atoms. The summed E-state index contributed by atoms with van der Waals surface area (Å²) in [5.74, 6) is 0.983. The van der Waals surface area contributed by atoms with Gasteiger partial charge in [0.2, 0.25) is 0 Å². The number of nitrogens with zero attached hydrogens (tertiary/aromatic N) is 2. The lowest BCUT2D eigenvalue weighted by Gasteiger charge is -1.88. The van der Waals surface area contributed by atoms with Crippen molar-refractivity contribution in [2.75, 3.05) is 12.3 Å². The number of rotatable bonds is 3. The maximum Gasteiger partial charge on any atom is 0.268 e. The maximum absolute atomic E-state index is 8.72. The van der Waals surface area contributed by atoms with Crippen LogP contribution in [0.2, 0.25) is 0 Å². The molecule has 2 aromatic heterocycles. The summed E-state index contributed by atoms with van der Waals surface area (Å²) in [7, 11) is 0. The molecule has 0 aliphatic heterocycles. The molecular formula is C9H11N3O2S. The van der Waals surface area contributed by atoms with Gasteiger partial charge in [0.05, 0.1) is 16.5 Å². The third-order valence-corrected chi connectivity index (χ3v) is 2.99. The fraction of sp³-hybridized carbons (Fsp3) is 0.333. The van der Waals surface area contributed by atoms with Crippen molar-refractivity contribution in [3.05, 3.63) is 17.5 Å². The Hall–Kier alpha value is -1.40. The minimum Gasteiger partial charge on any atom is -0.396 e. The second-order valence-corrected chi connectivity index (χ2v) is 4.23. The van der Waals surface area contributed by atoms with Crippen molar-refractivity contribution >= 4 is 16.3 Å². The lowest BCUT2D eigenvalue weighted by Crippen LogP contribution is -1.92. The first kappa shape index (κ1) is 10.1. The summed E-state index contributed by atoms with van der Waals surface area (Å²) in [5.41, 5.74) is 6.70. The molecule has 0 radical (unpaired) electrons. The Morgan fingerprint density at radius 3 is 3.00 bits per heavy atom. The molecule has 15 heavy (non-hydrogen) atoms. The van der Waals surface area contributed by atoms with E-state index in [4.69, 9.17) is 15.4 Å². The molecule has 6 heteroatoms. The average Bonchev–Trinajstić information content (AvgIpc) is 2.73. The summed E-state index contributed by atoms with van der Waals surface area (Å²) in [5, 5.41) is 13.2. The van der Waals surface area contributed by atoms with Crippen molar-refractivity contribution in [3.8, 4) is 10.8 Å². The first-order valence-corrected chi connectivity index (χ1v) is 5.32. The smallest absolute Gasteiger partial charge is 0.268 e. The van der Waals surface area contributed by atoms with Crippen molar-refractivity contribution in [2.24, 2.45) is 0 Å². The summed E-state index contributed by atoms with van der Waals surface area (Å²) in [6, 6.07) is 1.87. The van der Waals surface area contributed by atoms with Gasteiger partial charge in [-0.25, -0.2) is 0 Å². The van der Waals surface area contributed by atoms with Crippen LogP contribution in [0.25, 0.3) is 10.8 Å². The summed E-state index contributed by atoms with van der Waals surface area (Å²) in [4.78, 5) is 5.05. The second kappa shape index (κ2) is 4.00. The lowest BCUT2D eigenvalue weighted by atomic mass is 10.3. The van der Waals surface area contributed by atoms with Gasteiger partial charge >= 0.3 is 0 Å². The number of aliphatic hydroxyl groups is 1. The van der Waals surface area contributed by atoms with Gasteiger partial charge in [-0.2, -0.15) is 4.98 Å². The molecule has 5 nitrogen and oxygen atoms in total. The fourth-order valence-electron chi connectivity index (χ4n) is 1.27. The molecule has 0 spiro atoms. The van der Waals surface area contributed by atoms with E-state index in [0.717, 1.165) is 15.4 Å². The van der Waals surface area contributed by atoms with E-state index in [1.165, 1.54) is 11.3 Å². The van der Waals surface area contributed by atoms with Crippen LogP contribution >= 0.6 is 11.3 Å². The van der Waals surface area contributed by atoms with Crippen LogP contribution in [0.5, 0.6) is 0 Å². The zero-order valence-electron chi connectivity index (χ0n) is 8.23. The number of aliphatic hydroxyl groups excluding tert-OH is 1. The van der Waals surface area contributed by atoms with Crippen LogP contribution in [0.3, 0.4) is 0 Å². The monoisotopic (exact) mass is 225 g/mol. The predicted octanol–water partition coefficient (Wildman–Crippen LogP) is 1.22. The van der Waals surface area contributed by atoms with Gasteiger partial charge in [-0.3, -0.25) is 0 Å². The van der Waals surface area contributed by atoms with E-state index >= 15 is 0 Å². The van der Waals surface area contributed by atoms with Crippen molar-refractivity contribution < 1.29 is 9.63 Å². The minimum atomic E-state index is 0.0184. The molecule has 3 N–H and O–H groups in total. The fourth-order valence-corrected chi connectivity index (χ4v) is 2.13. The quantitative estimate of drug-likeness (QED) is 0.820. The van der Waals surface area contributed by atoms with Gasteiger partial charge in [0.25, 0.3) is 5.89 Å². The molecule has 0 aromatic carbocycles. The number of thiophene rings is 1. The van der Waals surface area contributed by atoms with Gasteiger partial charge in [-0.1, -0.05) is 5.16 Å². The molecule has 80 valence electrons. The van der Waals surface area contributed by atoms with E-state index < -0.39 is 0 Å². The Morgan fingerprint density at radius 1 is 1.60 bits per heavy atom. The number of aryl methyl sites for hydroxylation is 1. The summed E-state index contributed by atoms with van der Waals surface area (Å²) >= 11 is 1.42. The van der Waals surface area contributed by atoms with Gasteiger partial charge in [-0.15, -0.1) is 11.3 Å². The number of aromatic nitrogens is 2. The Kier molecular flexibility index (Phi) is 2.70. The van der Waals surface area contributed by atoms with E-state index in [1.54, 1.807) is 0 Å². The zero-order chi connectivity index (χ0) is 10.8. The highest BCUT2D eigenvalue weighted by Crippen LogP contribution is 2.32. The third kappa shape index (κ3) is 2.00.